The number of hydrogen-bond acceptors (Lipinski definition) is 11. The van der Waals surface area contributed by atoms with Crippen molar-refractivity contribution in [2.24, 2.45) is 4.99 Å². The molecule has 4 aromatic carbocycles. The average Bonchev–Trinajstić information content (AvgIpc) is 4.16. The molecule has 330 valence electrons. The molecule has 1 aliphatic heterocycles. The van der Waals surface area contributed by atoms with Crippen molar-refractivity contribution in [2.45, 2.75) is 65.9 Å². The fourth-order valence-corrected chi connectivity index (χ4v) is 7.58. The summed E-state index contributed by atoms with van der Waals surface area (Å²) in [5.74, 6) is 0.674. The lowest BCUT2D eigenvalue weighted by Crippen LogP contribution is -2.37. The number of hydrogen-bond donors (Lipinski definition) is 4. The molecule has 2 aromatic heterocycles. The van der Waals surface area contributed by atoms with Gasteiger partial charge in [-0.05, 0) is 77.9 Å². The van der Waals surface area contributed by atoms with E-state index in [2.05, 4.69) is 39.3 Å². The molecule has 64 heavy (non-hydrogen) atoms. The Labute approximate surface area is 380 Å². The van der Waals surface area contributed by atoms with Gasteiger partial charge in [-0.2, -0.15) is 0 Å². The van der Waals surface area contributed by atoms with E-state index in [1.54, 1.807) is 55.1 Å². The molecule has 1 aliphatic rings. The summed E-state index contributed by atoms with van der Waals surface area (Å²) in [5, 5.41) is 38.3. The number of halogens is 2. The van der Waals surface area contributed by atoms with Gasteiger partial charge >= 0.3 is 5.97 Å². The molecule has 0 radical (unpaired) electrons. The Balaban J connectivity index is 1.06. The van der Waals surface area contributed by atoms with Crippen LogP contribution in [0.2, 0.25) is 10.0 Å². The highest BCUT2D eigenvalue weighted by molar-refractivity contribution is 6.32. The van der Waals surface area contributed by atoms with Gasteiger partial charge in [0.2, 0.25) is 0 Å². The topological polar surface area (TPSA) is 191 Å². The quantitative estimate of drug-likeness (QED) is 0.0381. The molecule has 0 amide bonds. The van der Waals surface area contributed by atoms with Crippen LogP contribution in [0.4, 0.5) is 0 Å². The van der Waals surface area contributed by atoms with Crippen molar-refractivity contribution in [3.8, 4) is 34.1 Å². The first-order valence-electron chi connectivity index (χ1n) is 20.5. The van der Waals surface area contributed by atoms with Crippen molar-refractivity contribution in [1.29, 1.82) is 5.41 Å². The highest BCUT2D eigenvalue weighted by Crippen LogP contribution is 2.37. The number of ether oxygens (including phenoxy) is 4. The van der Waals surface area contributed by atoms with Gasteiger partial charge in [0.1, 0.15) is 55.5 Å². The van der Waals surface area contributed by atoms with Crippen LogP contribution in [0.5, 0.6) is 23.0 Å². The predicted octanol–water partition coefficient (Wildman–Crippen LogP) is 8.33. The molecule has 0 aliphatic carbocycles. The van der Waals surface area contributed by atoms with Gasteiger partial charge in [-0.1, -0.05) is 59.6 Å². The highest BCUT2D eigenvalue weighted by Gasteiger charge is 2.20. The van der Waals surface area contributed by atoms with Crippen LogP contribution in [0.25, 0.3) is 11.1 Å². The summed E-state index contributed by atoms with van der Waals surface area (Å²) in [7, 11) is 0. The van der Waals surface area contributed by atoms with E-state index in [0.29, 0.717) is 49.7 Å². The van der Waals surface area contributed by atoms with Crippen LogP contribution in [0.1, 0.15) is 62.1 Å². The predicted molar refractivity (Wildman–Crippen MR) is 247 cm³/mol. The zero-order valence-corrected chi connectivity index (χ0v) is 36.8. The summed E-state index contributed by atoms with van der Waals surface area (Å²) in [4.78, 5) is 24.6. The van der Waals surface area contributed by atoms with Crippen molar-refractivity contribution in [3.63, 3.8) is 0 Å². The standard InChI is InChI=1S/C49H47Cl2N5O8/c1-29-34(27-63-47-15-45(61-25-32-11-31(17-52)18-53-19-32)37(13-41(47)50)22-55-43(9-10-57)49(59)60)5-3-7-39(29)40-8-4-6-35(30(40)2)28-64-48-16-46(38(24-58)14-42(48)51)62-26-33-12-36(21-54-20-33)44-23-56-44/h3-8,11-21,43,52,55,57-58H,9-10,22-28H2,1-2H3,(H,59,60)/p+1/t43-/m1/s1. The SMILES string of the molecule is Cc1c(COc2cc(OCc3cncc(C4=NC4)c3)c(C[OH2+])cc2Cl)cccc1-c1cccc(COc2cc(OCc3cncc(C=N)c3)c(CN[C@H](CCO)C(=O)O)cc2Cl)c1C. The Kier molecular flexibility index (Phi) is 15.2. The first-order chi connectivity index (χ1) is 31.0. The minimum Gasteiger partial charge on any atom is -0.488 e. The molecule has 0 bridgehead atoms. The molecular weight excluding hydrogens is 857 g/mol. The monoisotopic (exact) mass is 904 g/mol. The van der Waals surface area contributed by atoms with E-state index in [4.69, 9.17) is 52.7 Å². The summed E-state index contributed by atoms with van der Waals surface area (Å²) in [5.41, 5.74) is 11.5. The number of pyridine rings is 2. The summed E-state index contributed by atoms with van der Waals surface area (Å²) in [6.07, 6.45) is 8.00. The maximum absolute atomic E-state index is 11.8. The van der Waals surface area contributed by atoms with Crippen LogP contribution in [-0.4, -0.2) is 62.4 Å². The second-order valence-corrected chi connectivity index (χ2v) is 16.0. The van der Waals surface area contributed by atoms with E-state index in [1.807, 2.05) is 37.3 Å². The van der Waals surface area contributed by atoms with Crippen molar-refractivity contribution < 1.29 is 39.1 Å². The van der Waals surface area contributed by atoms with Crippen LogP contribution >= 0.6 is 23.2 Å². The zero-order valence-electron chi connectivity index (χ0n) is 35.3. The summed E-state index contributed by atoms with van der Waals surface area (Å²) in [6, 6.07) is 21.8. The second-order valence-electron chi connectivity index (χ2n) is 15.2. The largest absolute Gasteiger partial charge is 0.488 e. The molecule has 7 rings (SSSR count). The number of aliphatic hydroxyl groups excluding tert-OH is 1. The minimum atomic E-state index is -1.08. The van der Waals surface area contributed by atoms with Gasteiger partial charge in [-0.15, -0.1) is 0 Å². The Hall–Kier alpha value is -6.35. The smallest absolute Gasteiger partial charge is 0.320 e. The summed E-state index contributed by atoms with van der Waals surface area (Å²) >= 11 is 13.5. The number of nitrogens with zero attached hydrogens (tertiary/aromatic N) is 3. The Morgan fingerprint density at radius 1 is 0.766 bits per heavy atom. The first-order valence-corrected chi connectivity index (χ1v) is 21.3. The van der Waals surface area contributed by atoms with Gasteiger partial charge in [0.05, 0.1) is 27.9 Å². The molecule has 6 aromatic rings. The Morgan fingerprint density at radius 2 is 1.31 bits per heavy atom. The molecule has 0 unspecified atom stereocenters. The Bertz CT molecular complexity index is 2690. The number of benzene rings is 4. The molecule has 13 nitrogen and oxygen atoms in total. The molecule has 0 fully saturated rings. The fourth-order valence-electron chi connectivity index (χ4n) is 7.10. The van der Waals surface area contributed by atoms with E-state index in [0.717, 1.165) is 62.3 Å². The molecular formula is C49H48Cl2N5O8+. The molecule has 1 atom stereocenters. The lowest BCUT2D eigenvalue weighted by atomic mass is 9.92. The van der Waals surface area contributed by atoms with E-state index in [9.17, 15) is 15.0 Å². The van der Waals surface area contributed by atoms with Crippen molar-refractivity contribution in [3.05, 3.63) is 163 Å². The molecule has 15 heteroatoms. The fraction of sp³-hybridized carbons (Fsp3) is 0.245. The molecule has 3 heterocycles. The molecule has 0 saturated carbocycles. The number of aliphatic imine (C=N–C) groups is 1. The average molecular weight is 906 g/mol. The second kappa shape index (κ2) is 21.3. The first kappa shape index (κ1) is 45.7. The lowest BCUT2D eigenvalue weighted by molar-refractivity contribution is -0.140. The van der Waals surface area contributed by atoms with Crippen LogP contribution in [0, 0.1) is 19.3 Å². The van der Waals surface area contributed by atoms with Gasteiger partial charge in [-0.3, -0.25) is 19.8 Å². The van der Waals surface area contributed by atoms with Crippen molar-refractivity contribution in [2.75, 3.05) is 13.2 Å². The van der Waals surface area contributed by atoms with Gasteiger partial charge in [0.25, 0.3) is 0 Å². The number of nitrogens with one attached hydrogen (secondary N) is 2. The minimum absolute atomic E-state index is 0.00817. The molecule has 6 N–H and O–H groups in total. The maximum atomic E-state index is 11.8. The van der Waals surface area contributed by atoms with Gasteiger partial charge < -0.3 is 45.0 Å². The molecule has 0 spiro atoms. The van der Waals surface area contributed by atoms with E-state index >= 15 is 0 Å². The van der Waals surface area contributed by atoms with Crippen LogP contribution in [0.15, 0.2) is 103 Å². The van der Waals surface area contributed by atoms with Gasteiger partial charge in [0, 0.05) is 84.1 Å². The third-order valence-electron chi connectivity index (χ3n) is 10.8. The summed E-state index contributed by atoms with van der Waals surface area (Å²) < 4.78 is 25.1. The van der Waals surface area contributed by atoms with E-state index in [-0.39, 0.29) is 52.6 Å². The number of aromatic nitrogens is 2. The number of carboxylic acid groups (broad SMARTS) is 1. The van der Waals surface area contributed by atoms with Gasteiger partial charge in [-0.25, -0.2) is 0 Å². The van der Waals surface area contributed by atoms with Crippen LogP contribution in [0.3, 0.4) is 0 Å². The Morgan fingerprint density at radius 3 is 1.86 bits per heavy atom. The van der Waals surface area contributed by atoms with E-state index < -0.39 is 12.0 Å². The van der Waals surface area contributed by atoms with Crippen molar-refractivity contribution >= 4 is 41.1 Å². The van der Waals surface area contributed by atoms with E-state index in [1.165, 1.54) is 6.21 Å². The zero-order chi connectivity index (χ0) is 45.2. The van der Waals surface area contributed by atoms with Crippen LogP contribution in [-0.2, 0) is 44.4 Å². The maximum Gasteiger partial charge on any atom is 0.320 e. The number of rotatable bonds is 22. The number of carboxylic acids is 1. The lowest BCUT2D eigenvalue weighted by Gasteiger charge is -2.19. The highest BCUT2D eigenvalue weighted by atomic mass is 35.5. The van der Waals surface area contributed by atoms with Crippen LogP contribution < -0.4 is 24.3 Å². The number of carbonyl (C=O) groups is 1. The number of aliphatic hydroxyl groups is 1. The molecule has 0 saturated heterocycles. The third kappa shape index (κ3) is 11.4. The summed E-state index contributed by atoms with van der Waals surface area (Å²) in [6.45, 7) is 5.46. The number of aliphatic carboxylic acids is 1. The van der Waals surface area contributed by atoms with Crippen molar-refractivity contribution in [1.82, 2.24) is 15.3 Å². The normalized spacial score (nSPS) is 12.3. The van der Waals surface area contributed by atoms with Gasteiger partial charge in [0.15, 0.2) is 6.61 Å². The third-order valence-corrected chi connectivity index (χ3v) is 11.4.